The zero-order valence-electron chi connectivity index (χ0n) is 18.1. The van der Waals surface area contributed by atoms with Crippen molar-refractivity contribution in [3.8, 4) is 0 Å². The standard InChI is InChI=1S/C23H27FN4O2S/c1-14-6-7-18(24)19(11-14)27-9-4-5-17(12-27)26-20(29)8-10-28-13-25-22-21(23(28)30)15(2)16(3)31-22/h6-7,11,13,17H,4-5,8-10,12H2,1-3H3,(H,26,29). The SMILES string of the molecule is Cc1ccc(F)c(N2CCCC(NC(=O)CCn3cnc4sc(C)c(C)c4c3=O)C2)c1. The predicted molar refractivity (Wildman–Crippen MR) is 122 cm³/mol. The lowest BCUT2D eigenvalue weighted by molar-refractivity contribution is -0.122. The number of halogens is 1. The van der Waals surface area contributed by atoms with Crippen LogP contribution in [0, 0.1) is 26.6 Å². The highest BCUT2D eigenvalue weighted by molar-refractivity contribution is 7.18. The molecule has 1 unspecified atom stereocenters. The third kappa shape index (κ3) is 4.49. The highest BCUT2D eigenvalue weighted by atomic mass is 32.1. The highest BCUT2D eigenvalue weighted by Gasteiger charge is 2.23. The molecule has 2 aromatic heterocycles. The Hall–Kier alpha value is -2.74. The first kappa shape index (κ1) is 21.5. The van der Waals surface area contributed by atoms with Crippen molar-refractivity contribution in [2.75, 3.05) is 18.0 Å². The number of rotatable bonds is 5. The number of carbonyl (C=O) groups excluding carboxylic acids is 1. The average Bonchev–Trinajstić information content (AvgIpc) is 3.04. The van der Waals surface area contributed by atoms with E-state index in [-0.39, 0.29) is 36.3 Å². The van der Waals surface area contributed by atoms with Crippen molar-refractivity contribution in [2.24, 2.45) is 0 Å². The maximum Gasteiger partial charge on any atom is 0.262 e. The van der Waals surface area contributed by atoms with Crippen molar-refractivity contribution >= 4 is 33.1 Å². The van der Waals surface area contributed by atoms with Gasteiger partial charge in [-0.2, -0.15) is 0 Å². The van der Waals surface area contributed by atoms with Crippen molar-refractivity contribution in [3.63, 3.8) is 0 Å². The van der Waals surface area contributed by atoms with E-state index in [1.807, 2.05) is 31.7 Å². The van der Waals surface area contributed by atoms with Crippen LogP contribution in [-0.2, 0) is 11.3 Å². The summed E-state index contributed by atoms with van der Waals surface area (Å²) < 4.78 is 15.8. The van der Waals surface area contributed by atoms with Crippen LogP contribution in [0.5, 0.6) is 0 Å². The molecule has 1 aliphatic heterocycles. The molecule has 1 fully saturated rings. The summed E-state index contributed by atoms with van der Waals surface area (Å²) in [7, 11) is 0. The lowest BCUT2D eigenvalue weighted by Crippen LogP contribution is -2.48. The maximum atomic E-state index is 14.3. The molecule has 164 valence electrons. The number of benzene rings is 1. The largest absolute Gasteiger partial charge is 0.367 e. The molecule has 0 bridgehead atoms. The van der Waals surface area contributed by atoms with E-state index in [4.69, 9.17) is 0 Å². The van der Waals surface area contributed by atoms with Gasteiger partial charge in [0.1, 0.15) is 10.6 Å². The van der Waals surface area contributed by atoms with Crippen molar-refractivity contribution in [3.05, 3.63) is 56.7 Å². The zero-order chi connectivity index (χ0) is 22.1. The van der Waals surface area contributed by atoms with Gasteiger partial charge in [-0.25, -0.2) is 9.37 Å². The molecule has 0 saturated carbocycles. The second-order valence-corrected chi connectivity index (χ2v) is 9.47. The Balaban J connectivity index is 1.38. The summed E-state index contributed by atoms with van der Waals surface area (Å²) >= 11 is 1.51. The van der Waals surface area contributed by atoms with Crippen LogP contribution >= 0.6 is 11.3 Å². The Morgan fingerprint density at radius 2 is 2.13 bits per heavy atom. The monoisotopic (exact) mass is 442 g/mol. The summed E-state index contributed by atoms with van der Waals surface area (Å²) in [4.78, 5) is 33.5. The number of amides is 1. The van der Waals surface area contributed by atoms with Crippen LogP contribution in [0.2, 0.25) is 0 Å². The molecule has 1 aliphatic rings. The van der Waals surface area contributed by atoms with Gasteiger partial charge in [-0.1, -0.05) is 6.07 Å². The molecule has 1 N–H and O–H groups in total. The number of nitrogens with zero attached hydrogens (tertiary/aromatic N) is 3. The number of carbonyl (C=O) groups is 1. The molecule has 1 saturated heterocycles. The smallest absolute Gasteiger partial charge is 0.262 e. The van der Waals surface area contributed by atoms with E-state index in [1.165, 1.54) is 28.3 Å². The summed E-state index contributed by atoms with van der Waals surface area (Å²) in [5.74, 6) is -0.347. The fourth-order valence-electron chi connectivity index (χ4n) is 4.13. The number of aromatic nitrogens is 2. The van der Waals surface area contributed by atoms with E-state index in [1.54, 1.807) is 6.07 Å². The second kappa shape index (κ2) is 8.78. The number of fused-ring (bicyclic) bond motifs is 1. The normalized spacial score (nSPS) is 16.6. The van der Waals surface area contributed by atoms with E-state index >= 15 is 0 Å². The topological polar surface area (TPSA) is 67.2 Å². The van der Waals surface area contributed by atoms with Gasteiger partial charge in [-0.05, 0) is 56.9 Å². The molecular weight excluding hydrogens is 415 g/mol. The Labute approximate surface area is 184 Å². The van der Waals surface area contributed by atoms with Crippen molar-refractivity contribution in [1.29, 1.82) is 0 Å². The van der Waals surface area contributed by atoms with E-state index in [0.717, 1.165) is 40.2 Å². The van der Waals surface area contributed by atoms with Gasteiger partial charge in [0.15, 0.2) is 0 Å². The molecule has 1 aromatic carbocycles. The summed E-state index contributed by atoms with van der Waals surface area (Å²) in [6.45, 7) is 7.49. The molecule has 0 spiro atoms. The minimum Gasteiger partial charge on any atom is -0.367 e. The van der Waals surface area contributed by atoms with Crippen LogP contribution in [0.25, 0.3) is 10.2 Å². The molecule has 31 heavy (non-hydrogen) atoms. The molecule has 1 amide bonds. The van der Waals surface area contributed by atoms with Gasteiger partial charge in [0.05, 0.1) is 17.4 Å². The Morgan fingerprint density at radius 3 is 2.94 bits per heavy atom. The summed E-state index contributed by atoms with van der Waals surface area (Å²) in [5, 5.41) is 3.71. The maximum absolute atomic E-state index is 14.3. The predicted octanol–water partition coefficient (Wildman–Crippen LogP) is 3.70. The summed E-state index contributed by atoms with van der Waals surface area (Å²) in [5.41, 5.74) is 2.46. The zero-order valence-corrected chi connectivity index (χ0v) is 18.9. The van der Waals surface area contributed by atoms with E-state index < -0.39 is 0 Å². The fraction of sp³-hybridized carbons (Fsp3) is 0.435. The Morgan fingerprint density at radius 1 is 1.32 bits per heavy atom. The van der Waals surface area contributed by atoms with Gasteiger partial charge >= 0.3 is 0 Å². The minimum atomic E-state index is -0.237. The molecule has 8 heteroatoms. The van der Waals surface area contributed by atoms with Crippen molar-refractivity contribution in [1.82, 2.24) is 14.9 Å². The van der Waals surface area contributed by atoms with Gasteiger partial charge in [-0.15, -0.1) is 11.3 Å². The van der Waals surface area contributed by atoms with Crippen LogP contribution in [0.3, 0.4) is 0 Å². The highest BCUT2D eigenvalue weighted by Crippen LogP contribution is 2.26. The molecule has 0 aliphatic carbocycles. The number of aryl methyl sites for hydroxylation is 4. The van der Waals surface area contributed by atoms with Gasteiger partial charge in [-0.3, -0.25) is 14.2 Å². The Bertz CT molecular complexity index is 1190. The van der Waals surface area contributed by atoms with Crippen LogP contribution in [0.4, 0.5) is 10.1 Å². The molecule has 3 aromatic rings. The average molecular weight is 443 g/mol. The van der Waals surface area contributed by atoms with Crippen LogP contribution in [-0.4, -0.2) is 34.6 Å². The first-order valence-electron chi connectivity index (χ1n) is 10.6. The van der Waals surface area contributed by atoms with Crippen molar-refractivity contribution < 1.29 is 9.18 Å². The third-order valence-corrected chi connectivity index (χ3v) is 7.08. The number of piperidine rings is 1. The quantitative estimate of drug-likeness (QED) is 0.654. The van der Waals surface area contributed by atoms with Crippen molar-refractivity contribution in [2.45, 2.75) is 52.6 Å². The number of hydrogen-bond acceptors (Lipinski definition) is 5. The lowest BCUT2D eigenvalue weighted by atomic mass is 10.0. The van der Waals surface area contributed by atoms with E-state index in [2.05, 4.69) is 10.3 Å². The number of nitrogens with one attached hydrogen (secondary N) is 1. The summed E-state index contributed by atoms with van der Waals surface area (Å²) in [6, 6.07) is 5.06. The second-order valence-electron chi connectivity index (χ2n) is 8.26. The first-order chi connectivity index (χ1) is 14.8. The summed E-state index contributed by atoms with van der Waals surface area (Å²) in [6.07, 6.45) is 3.46. The number of thiophene rings is 1. The van der Waals surface area contributed by atoms with Crippen LogP contribution in [0.1, 0.15) is 35.3 Å². The fourth-order valence-corrected chi connectivity index (χ4v) is 5.12. The van der Waals surface area contributed by atoms with E-state index in [9.17, 15) is 14.0 Å². The Kier molecular flexibility index (Phi) is 6.09. The van der Waals surface area contributed by atoms with Gasteiger partial charge in [0.25, 0.3) is 5.56 Å². The molecule has 4 rings (SSSR count). The van der Waals surface area contributed by atoms with Gasteiger partial charge < -0.3 is 10.2 Å². The van der Waals surface area contributed by atoms with Crippen LogP contribution in [0.15, 0.2) is 29.3 Å². The molecule has 0 radical (unpaired) electrons. The number of anilines is 1. The minimum absolute atomic E-state index is 0.0414. The van der Waals surface area contributed by atoms with Gasteiger partial charge in [0, 0.05) is 37.0 Å². The molecular formula is C23H27FN4O2S. The van der Waals surface area contributed by atoms with Crippen LogP contribution < -0.4 is 15.8 Å². The molecule has 6 nitrogen and oxygen atoms in total. The number of hydrogen-bond donors (Lipinski definition) is 1. The first-order valence-corrected chi connectivity index (χ1v) is 11.4. The third-order valence-electron chi connectivity index (χ3n) is 5.96. The van der Waals surface area contributed by atoms with Gasteiger partial charge in [0.2, 0.25) is 5.91 Å². The lowest BCUT2D eigenvalue weighted by Gasteiger charge is -2.35. The molecule has 1 atom stereocenters. The molecule has 3 heterocycles. The van der Waals surface area contributed by atoms with E-state index in [0.29, 0.717) is 17.6 Å².